The number of hydrogen-bond donors (Lipinski definition) is 1. The number of hydrazone groups is 1. The Morgan fingerprint density at radius 3 is 2.63 bits per heavy atom. The van der Waals surface area contributed by atoms with E-state index >= 15 is 0 Å². The first-order valence-electron chi connectivity index (χ1n) is 13.4. The molecule has 5 rings (SSSR count). The van der Waals surface area contributed by atoms with Gasteiger partial charge < -0.3 is 18.8 Å². The Kier molecular flexibility index (Phi) is 8.38. The summed E-state index contributed by atoms with van der Waals surface area (Å²) in [5.74, 6) is 1.55. The number of carbonyl (C=O) groups excluding carboxylic acids is 1. The average Bonchev–Trinajstić information content (AvgIpc) is 3.32. The molecule has 2 aromatic heterocycles. The highest BCUT2D eigenvalue weighted by atomic mass is 16.5. The molecule has 10 nitrogen and oxygen atoms in total. The summed E-state index contributed by atoms with van der Waals surface area (Å²) in [5.41, 5.74) is 7.62. The largest absolute Gasteiger partial charge is 0.496 e. The minimum absolute atomic E-state index is 0.265. The van der Waals surface area contributed by atoms with Gasteiger partial charge in [0.05, 0.1) is 31.0 Å². The molecule has 1 N–H and O–H groups in total. The van der Waals surface area contributed by atoms with Gasteiger partial charge in [-0.1, -0.05) is 32.0 Å². The van der Waals surface area contributed by atoms with E-state index in [1.165, 1.54) is 0 Å². The molecule has 0 aliphatic rings. The van der Waals surface area contributed by atoms with E-state index in [1.807, 2.05) is 50.2 Å². The topological polar surface area (TPSA) is 113 Å². The lowest BCUT2D eigenvalue weighted by Gasteiger charge is -2.12. The van der Waals surface area contributed by atoms with E-state index in [1.54, 1.807) is 37.6 Å². The van der Waals surface area contributed by atoms with E-state index in [4.69, 9.17) is 14.2 Å². The highest BCUT2D eigenvalue weighted by molar-refractivity contribution is 6.04. The van der Waals surface area contributed by atoms with Crippen molar-refractivity contribution in [2.45, 2.75) is 33.9 Å². The number of hydrogen-bond acceptors (Lipinski definition) is 9. The second kappa shape index (κ2) is 12.5. The van der Waals surface area contributed by atoms with Crippen molar-refractivity contribution in [2.24, 2.45) is 11.0 Å². The predicted molar refractivity (Wildman–Crippen MR) is 159 cm³/mol. The van der Waals surface area contributed by atoms with Gasteiger partial charge in [-0.2, -0.15) is 10.1 Å². The summed E-state index contributed by atoms with van der Waals surface area (Å²) in [7, 11) is 1.61. The number of aryl methyl sites for hydroxylation is 1. The van der Waals surface area contributed by atoms with E-state index in [0.29, 0.717) is 29.6 Å². The highest BCUT2D eigenvalue weighted by Gasteiger charge is 2.13. The first-order chi connectivity index (χ1) is 20.0. The maximum absolute atomic E-state index is 12.2. The van der Waals surface area contributed by atoms with Crippen LogP contribution < -0.4 is 14.9 Å². The molecular weight excluding hydrogens is 520 g/mol. The lowest BCUT2D eigenvalue weighted by atomic mass is 10.1. The van der Waals surface area contributed by atoms with Crippen molar-refractivity contribution in [1.82, 2.24) is 19.7 Å². The third-order valence-corrected chi connectivity index (χ3v) is 6.40. The van der Waals surface area contributed by atoms with Crippen molar-refractivity contribution in [2.75, 3.05) is 19.1 Å². The molecule has 5 aromatic rings. The Morgan fingerprint density at radius 2 is 1.88 bits per heavy atom. The summed E-state index contributed by atoms with van der Waals surface area (Å²) in [4.78, 5) is 16.8. The van der Waals surface area contributed by atoms with Gasteiger partial charge in [-0.3, -0.25) is 0 Å². The number of ether oxygens (including phenoxy) is 3. The normalized spacial score (nSPS) is 11.4. The lowest BCUT2D eigenvalue weighted by Crippen LogP contribution is -2.10. The zero-order chi connectivity index (χ0) is 28.8. The smallest absolute Gasteiger partial charge is 0.338 e. The van der Waals surface area contributed by atoms with Crippen LogP contribution >= 0.6 is 0 Å². The van der Waals surface area contributed by atoms with Crippen molar-refractivity contribution in [3.8, 4) is 11.5 Å². The molecule has 0 aliphatic carbocycles. The number of methoxy groups -OCH3 is 1. The molecule has 0 amide bonds. The number of benzene rings is 3. The molecule has 0 saturated heterocycles. The van der Waals surface area contributed by atoms with Crippen LogP contribution in [0.2, 0.25) is 0 Å². The van der Waals surface area contributed by atoms with Crippen molar-refractivity contribution in [1.29, 1.82) is 0 Å². The zero-order valence-corrected chi connectivity index (χ0v) is 23.5. The maximum Gasteiger partial charge on any atom is 0.338 e. The summed E-state index contributed by atoms with van der Waals surface area (Å²) in [6, 6.07) is 20.6. The summed E-state index contributed by atoms with van der Waals surface area (Å²) < 4.78 is 18.9. The zero-order valence-electron chi connectivity index (χ0n) is 23.5. The molecular formula is C31H32N6O4. The molecule has 0 radical (unpaired) electrons. The number of para-hydroxylation sites is 1. The van der Waals surface area contributed by atoms with Crippen LogP contribution in [0, 0.1) is 5.92 Å². The van der Waals surface area contributed by atoms with E-state index in [0.717, 1.165) is 39.7 Å². The molecule has 0 atom stereocenters. The van der Waals surface area contributed by atoms with Gasteiger partial charge in [0.1, 0.15) is 23.6 Å². The third-order valence-electron chi connectivity index (χ3n) is 6.40. The van der Waals surface area contributed by atoms with Gasteiger partial charge in [-0.05, 0) is 66.9 Å². The molecule has 2 heterocycles. The van der Waals surface area contributed by atoms with Crippen LogP contribution in [0.1, 0.15) is 42.3 Å². The summed E-state index contributed by atoms with van der Waals surface area (Å²) in [5, 5.41) is 13.9. The first kappa shape index (κ1) is 27.6. The standard InChI is InChI=1S/C31H32N6O4/c1-5-37-26-9-7-6-8-25(26)28-29(37)33-31(36-34-28)35-32-17-21-10-15-27(39-4)23(16-21)19-40-24-13-11-22(12-14-24)30(38)41-18-20(2)3/h6-17,20H,5,18-19H2,1-4H3,(H,33,35,36). The third kappa shape index (κ3) is 6.27. The molecule has 0 unspecified atom stereocenters. The van der Waals surface area contributed by atoms with Gasteiger partial charge >= 0.3 is 5.97 Å². The SMILES string of the molecule is CCn1c2ccccc2c2nnc(NN=Cc3ccc(OC)c(COc4ccc(C(=O)OCC(C)C)cc4)c3)nc21. The van der Waals surface area contributed by atoms with Crippen LogP contribution in [0.3, 0.4) is 0 Å². The van der Waals surface area contributed by atoms with Crippen LogP contribution in [0.15, 0.2) is 71.8 Å². The molecule has 0 fully saturated rings. The number of rotatable bonds is 11. The Hall–Kier alpha value is -4.99. The van der Waals surface area contributed by atoms with E-state index in [-0.39, 0.29) is 18.5 Å². The van der Waals surface area contributed by atoms with Crippen LogP contribution in [0.4, 0.5) is 5.95 Å². The number of anilines is 1. The van der Waals surface area contributed by atoms with Gasteiger partial charge in [-0.25, -0.2) is 10.2 Å². The van der Waals surface area contributed by atoms with Crippen molar-refractivity contribution in [3.05, 3.63) is 83.4 Å². The number of aromatic nitrogens is 4. The Balaban J connectivity index is 1.25. The molecule has 41 heavy (non-hydrogen) atoms. The first-order valence-corrected chi connectivity index (χ1v) is 13.4. The fourth-order valence-electron chi connectivity index (χ4n) is 4.40. The summed E-state index contributed by atoms with van der Waals surface area (Å²) >= 11 is 0. The quantitative estimate of drug-likeness (QED) is 0.123. The number of nitrogens with zero attached hydrogens (tertiary/aromatic N) is 5. The second-order valence-electron chi connectivity index (χ2n) is 9.82. The monoisotopic (exact) mass is 552 g/mol. The number of nitrogens with one attached hydrogen (secondary N) is 1. The molecule has 0 bridgehead atoms. The fourth-order valence-corrected chi connectivity index (χ4v) is 4.40. The molecule has 3 aromatic carbocycles. The van der Waals surface area contributed by atoms with Crippen LogP contribution in [0.25, 0.3) is 22.1 Å². The number of esters is 1. The van der Waals surface area contributed by atoms with Gasteiger partial charge in [0.2, 0.25) is 0 Å². The van der Waals surface area contributed by atoms with Crippen molar-refractivity contribution < 1.29 is 19.0 Å². The lowest BCUT2D eigenvalue weighted by molar-refractivity contribution is 0.0459. The van der Waals surface area contributed by atoms with Gasteiger partial charge in [0, 0.05) is 17.5 Å². The Morgan fingerprint density at radius 1 is 1.07 bits per heavy atom. The van der Waals surface area contributed by atoms with Crippen molar-refractivity contribution in [3.63, 3.8) is 0 Å². The summed E-state index contributed by atoms with van der Waals surface area (Å²) in [6.07, 6.45) is 1.67. The average molecular weight is 553 g/mol. The fraction of sp³-hybridized carbons (Fsp3) is 0.258. The minimum Gasteiger partial charge on any atom is -0.496 e. The van der Waals surface area contributed by atoms with Crippen LogP contribution in [0.5, 0.6) is 11.5 Å². The molecule has 0 saturated carbocycles. The predicted octanol–water partition coefficient (Wildman–Crippen LogP) is 5.85. The van der Waals surface area contributed by atoms with E-state index in [9.17, 15) is 4.79 Å². The van der Waals surface area contributed by atoms with Gasteiger partial charge in [-0.15, -0.1) is 10.2 Å². The molecule has 10 heteroatoms. The highest BCUT2D eigenvalue weighted by Crippen LogP contribution is 2.26. The Labute approximate surface area is 238 Å². The van der Waals surface area contributed by atoms with Crippen molar-refractivity contribution >= 4 is 40.2 Å². The van der Waals surface area contributed by atoms with Crippen LogP contribution in [-0.2, 0) is 17.9 Å². The van der Waals surface area contributed by atoms with E-state index < -0.39 is 0 Å². The van der Waals surface area contributed by atoms with Crippen LogP contribution in [-0.4, -0.2) is 45.6 Å². The Bertz CT molecular complexity index is 1700. The molecule has 0 aliphatic heterocycles. The van der Waals surface area contributed by atoms with Gasteiger partial charge in [0.25, 0.3) is 5.95 Å². The molecule has 210 valence electrons. The second-order valence-corrected chi connectivity index (χ2v) is 9.82. The number of fused-ring (bicyclic) bond motifs is 3. The molecule has 0 spiro atoms. The minimum atomic E-state index is -0.346. The maximum atomic E-state index is 12.2. The van der Waals surface area contributed by atoms with E-state index in [2.05, 4.69) is 43.3 Å². The van der Waals surface area contributed by atoms with Gasteiger partial charge in [0.15, 0.2) is 5.65 Å². The summed E-state index contributed by atoms with van der Waals surface area (Å²) in [6.45, 7) is 7.47. The number of carbonyl (C=O) groups is 1.